The average Bonchev–Trinajstić information content (AvgIpc) is 3.27. The Hall–Kier alpha value is -2.93. The van der Waals surface area contributed by atoms with Crippen LogP contribution in [0, 0.1) is 0 Å². The van der Waals surface area contributed by atoms with Gasteiger partial charge in [-0.1, -0.05) is 18.2 Å². The number of nitrogens with zero attached hydrogens (tertiary/aromatic N) is 6. The highest BCUT2D eigenvalue weighted by Gasteiger charge is 2.19. The molecule has 1 fully saturated rings. The molecule has 0 amide bonds. The smallest absolute Gasteiger partial charge is 0.229 e. The lowest BCUT2D eigenvalue weighted by Crippen LogP contribution is -2.44. The normalized spacial score (nSPS) is 15.3. The number of hydrogen-bond donors (Lipinski definition) is 1. The quantitative estimate of drug-likeness (QED) is 0.605. The molecule has 1 saturated heterocycles. The van der Waals surface area contributed by atoms with Crippen LogP contribution in [0.2, 0.25) is 0 Å². The number of piperazine rings is 1. The van der Waals surface area contributed by atoms with Gasteiger partial charge in [-0.3, -0.25) is 0 Å². The van der Waals surface area contributed by atoms with E-state index in [1.807, 2.05) is 10.6 Å². The van der Waals surface area contributed by atoms with Crippen LogP contribution in [0.25, 0.3) is 27.9 Å². The van der Waals surface area contributed by atoms with Crippen molar-refractivity contribution in [3.63, 3.8) is 0 Å². The second kappa shape index (κ2) is 5.56. The van der Waals surface area contributed by atoms with Crippen LogP contribution in [0.4, 0.5) is 5.95 Å². The minimum absolute atomic E-state index is 0.775. The summed E-state index contributed by atoms with van der Waals surface area (Å²) in [6, 6.07) is 10.3. The Morgan fingerprint density at radius 1 is 1.04 bits per heavy atom. The third-order valence-electron chi connectivity index (χ3n) is 4.78. The molecule has 1 aliphatic heterocycles. The van der Waals surface area contributed by atoms with Crippen LogP contribution in [-0.2, 0) is 7.05 Å². The van der Waals surface area contributed by atoms with Gasteiger partial charge in [-0.15, -0.1) is 0 Å². The minimum atomic E-state index is 0.775. The number of fused-ring (bicyclic) bond motifs is 2. The molecule has 5 rings (SSSR count). The van der Waals surface area contributed by atoms with Crippen molar-refractivity contribution in [2.75, 3.05) is 31.1 Å². The van der Waals surface area contributed by atoms with Crippen molar-refractivity contribution in [2.45, 2.75) is 0 Å². The number of benzene rings is 1. The fraction of sp³-hybridized carbons (Fsp3) is 0.278. The van der Waals surface area contributed by atoms with Gasteiger partial charge in [0.2, 0.25) is 5.95 Å². The summed E-state index contributed by atoms with van der Waals surface area (Å²) in [4.78, 5) is 11.9. The highest BCUT2D eigenvalue weighted by molar-refractivity contribution is 5.94. The number of rotatable bonds is 2. The van der Waals surface area contributed by atoms with Crippen LogP contribution < -0.4 is 10.2 Å². The topological polar surface area (TPSA) is 63.3 Å². The van der Waals surface area contributed by atoms with E-state index in [0.717, 1.165) is 49.2 Å². The Kier molecular flexibility index (Phi) is 3.21. The zero-order valence-corrected chi connectivity index (χ0v) is 14.1. The van der Waals surface area contributed by atoms with E-state index in [9.17, 15) is 0 Å². The van der Waals surface area contributed by atoms with Gasteiger partial charge in [-0.2, -0.15) is 19.6 Å². The SMILES string of the molecule is Cn1cc(-c2nc(N3CCNCC3)nc3ccnn23)c2ccccc21. The maximum Gasteiger partial charge on any atom is 0.229 e. The maximum absolute atomic E-state index is 4.90. The van der Waals surface area contributed by atoms with Crippen LogP contribution in [0.5, 0.6) is 0 Å². The molecule has 0 atom stereocenters. The number of aromatic nitrogens is 5. The second-order valence-electron chi connectivity index (χ2n) is 6.36. The van der Waals surface area contributed by atoms with Crippen LogP contribution in [-0.4, -0.2) is 50.3 Å². The molecule has 0 bridgehead atoms. The lowest BCUT2D eigenvalue weighted by molar-refractivity contribution is 0.579. The van der Waals surface area contributed by atoms with Gasteiger partial charge in [0.25, 0.3) is 0 Å². The van der Waals surface area contributed by atoms with Gasteiger partial charge in [-0.25, -0.2) is 0 Å². The summed E-state index contributed by atoms with van der Waals surface area (Å²) in [7, 11) is 2.06. The van der Waals surface area contributed by atoms with E-state index in [2.05, 4.69) is 57.4 Å². The van der Waals surface area contributed by atoms with Gasteiger partial charge in [0.05, 0.1) is 6.20 Å². The first kappa shape index (κ1) is 14.4. The summed E-state index contributed by atoms with van der Waals surface area (Å²) in [5.41, 5.74) is 3.08. The number of aryl methyl sites for hydroxylation is 1. The van der Waals surface area contributed by atoms with E-state index < -0.39 is 0 Å². The van der Waals surface area contributed by atoms with E-state index in [1.165, 1.54) is 10.9 Å². The molecule has 1 N–H and O–H groups in total. The van der Waals surface area contributed by atoms with Gasteiger partial charge in [0.1, 0.15) is 0 Å². The number of nitrogens with one attached hydrogen (secondary N) is 1. The zero-order valence-electron chi connectivity index (χ0n) is 14.1. The first-order valence-electron chi connectivity index (χ1n) is 8.53. The highest BCUT2D eigenvalue weighted by atomic mass is 15.4. The Morgan fingerprint density at radius 2 is 1.88 bits per heavy atom. The van der Waals surface area contributed by atoms with E-state index in [-0.39, 0.29) is 0 Å². The molecule has 1 aliphatic rings. The third kappa shape index (κ3) is 2.27. The van der Waals surface area contributed by atoms with Crippen molar-refractivity contribution in [3.05, 3.63) is 42.7 Å². The van der Waals surface area contributed by atoms with E-state index in [1.54, 1.807) is 6.20 Å². The van der Waals surface area contributed by atoms with Crippen LogP contribution >= 0.6 is 0 Å². The summed E-state index contributed by atoms with van der Waals surface area (Å²) in [6.07, 6.45) is 3.90. The zero-order chi connectivity index (χ0) is 16.8. The molecular weight excluding hydrogens is 314 g/mol. The molecule has 0 aliphatic carbocycles. The molecule has 3 aromatic heterocycles. The van der Waals surface area contributed by atoms with Crippen LogP contribution in [0.15, 0.2) is 42.7 Å². The largest absolute Gasteiger partial charge is 0.350 e. The molecule has 126 valence electrons. The summed E-state index contributed by atoms with van der Waals surface area (Å²) < 4.78 is 3.96. The molecule has 25 heavy (non-hydrogen) atoms. The summed E-state index contributed by atoms with van der Waals surface area (Å²) in [5, 5.41) is 8.99. The second-order valence-corrected chi connectivity index (χ2v) is 6.36. The lowest BCUT2D eigenvalue weighted by atomic mass is 10.1. The molecule has 1 aromatic carbocycles. The molecule has 0 unspecified atom stereocenters. The predicted molar refractivity (Wildman–Crippen MR) is 97.8 cm³/mol. The van der Waals surface area contributed by atoms with Crippen molar-refractivity contribution in [1.82, 2.24) is 29.5 Å². The van der Waals surface area contributed by atoms with Crippen LogP contribution in [0.3, 0.4) is 0 Å². The average molecular weight is 333 g/mol. The van der Waals surface area contributed by atoms with E-state index in [0.29, 0.717) is 0 Å². The highest BCUT2D eigenvalue weighted by Crippen LogP contribution is 2.30. The molecule has 7 nitrogen and oxygen atoms in total. The Balaban J connectivity index is 1.75. The van der Waals surface area contributed by atoms with Gasteiger partial charge in [-0.05, 0) is 6.07 Å². The molecule has 7 heteroatoms. The molecule has 0 spiro atoms. The Morgan fingerprint density at radius 3 is 2.76 bits per heavy atom. The van der Waals surface area contributed by atoms with Crippen molar-refractivity contribution in [2.24, 2.45) is 7.05 Å². The summed E-state index contributed by atoms with van der Waals surface area (Å²) in [5.74, 6) is 1.61. The molecule has 4 aromatic rings. The third-order valence-corrected chi connectivity index (χ3v) is 4.78. The van der Waals surface area contributed by atoms with Crippen molar-refractivity contribution in [3.8, 4) is 11.4 Å². The van der Waals surface area contributed by atoms with Gasteiger partial charge in [0, 0.05) is 62.0 Å². The first-order chi connectivity index (χ1) is 12.3. The fourth-order valence-corrected chi connectivity index (χ4v) is 3.51. The molecule has 0 radical (unpaired) electrons. The standard InChI is InChI=1S/C18H19N7/c1-23-12-14(13-4-2-3-5-15(13)23)17-22-18(24-10-8-19-9-11-24)21-16-6-7-20-25(16)17/h2-7,12,19H,8-11H2,1H3. The Labute approximate surface area is 144 Å². The number of para-hydroxylation sites is 1. The first-order valence-corrected chi connectivity index (χ1v) is 8.53. The number of hydrogen-bond acceptors (Lipinski definition) is 5. The van der Waals surface area contributed by atoms with Crippen molar-refractivity contribution in [1.29, 1.82) is 0 Å². The lowest BCUT2D eigenvalue weighted by Gasteiger charge is -2.27. The summed E-state index contributed by atoms with van der Waals surface area (Å²) >= 11 is 0. The van der Waals surface area contributed by atoms with Gasteiger partial charge in [0.15, 0.2) is 11.5 Å². The van der Waals surface area contributed by atoms with Crippen molar-refractivity contribution < 1.29 is 0 Å². The predicted octanol–water partition coefficient (Wildman–Crippen LogP) is 1.69. The van der Waals surface area contributed by atoms with Crippen LogP contribution in [0.1, 0.15) is 0 Å². The fourth-order valence-electron chi connectivity index (χ4n) is 3.51. The monoisotopic (exact) mass is 333 g/mol. The maximum atomic E-state index is 4.90. The Bertz CT molecular complexity index is 1060. The molecule has 4 heterocycles. The van der Waals surface area contributed by atoms with E-state index >= 15 is 0 Å². The van der Waals surface area contributed by atoms with E-state index in [4.69, 9.17) is 9.97 Å². The van der Waals surface area contributed by atoms with Crippen molar-refractivity contribution >= 4 is 22.5 Å². The molecule has 0 saturated carbocycles. The van der Waals surface area contributed by atoms with Gasteiger partial charge < -0.3 is 14.8 Å². The number of anilines is 1. The summed E-state index contributed by atoms with van der Waals surface area (Å²) in [6.45, 7) is 3.74. The molecular formula is C18H19N7. The van der Waals surface area contributed by atoms with Gasteiger partial charge >= 0.3 is 0 Å². The minimum Gasteiger partial charge on any atom is -0.350 e.